The van der Waals surface area contributed by atoms with Crippen molar-refractivity contribution in [3.8, 4) is 11.5 Å². The Morgan fingerprint density at radius 3 is 2.57 bits per heavy atom. The average Bonchev–Trinajstić information content (AvgIpc) is 2.70. The number of rotatable bonds is 5. The number of ether oxygens (including phenoxy) is 2. The maximum atomic E-state index is 13.1. The molecule has 0 saturated carbocycles. The molecule has 8 heteroatoms. The van der Waals surface area contributed by atoms with Gasteiger partial charge in [0.2, 0.25) is 0 Å². The molecule has 1 aliphatic rings. The highest BCUT2D eigenvalue weighted by Gasteiger charge is 2.37. The number of imide groups is 2. The molecular formula is C22H21BrN2O5. The first-order chi connectivity index (χ1) is 14.3. The SMILES string of the molecule is CCOc1c(Br)cc(/C=C2\C(=O)NC(=O)N(c3cccc(C)c3C)C2=O)cc1OC. The Labute approximate surface area is 182 Å². The first kappa shape index (κ1) is 21.6. The average molecular weight is 473 g/mol. The van der Waals surface area contributed by atoms with E-state index in [2.05, 4.69) is 21.2 Å². The van der Waals surface area contributed by atoms with Crippen LogP contribution in [0.5, 0.6) is 11.5 Å². The first-order valence-corrected chi connectivity index (χ1v) is 10.1. The Bertz CT molecular complexity index is 1080. The maximum Gasteiger partial charge on any atom is 0.335 e. The molecule has 0 radical (unpaired) electrons. The minimum atomic E-state index is -0.777. The molecule has 1 heterocycles. The van der Waals surface area contributed by atoms with Gasteiger partial charge in [-0.2, -0.15) is 0 Å². The van der Waals surface area contributed by atoms with Crippen LogP contribution in [-0.2, 0) is 9.59 Å². The van der Waals surface area contributed by atoms with E-state index in [1.807, 2.05) is 26.8 Å². The number of nitrogens with one attached hydrogen (secondary N) is 1. The summed E-state index contributed by atoms with van der Waals surface area (Å²) >= 11 is 3.43. The number of carbonyl (C=O) groups is 3. The summed E-state index contributed by atoms with van der Waals surface area (Å²) < 4.78 is 11.5. The van der Waals surface area contributed by atoms with Crippen LogP contribution in [0.15, 0.2) is 40.4 Å². The fraction of sp³-hybridized carbons (Fsp3) is 0.227. The number of halogens is 1. The lowest BCUT2D eigenvalue weighted by molar-refractivity contribution is -0.122. The van der Waals surface area contributed by atoms with Crippen LogP contribution < -0.4 is 19.7 Å². The highest BCUT2D eigenvalue weighted by Crippen LogP contribution is 2.37. The van der Waals surface area contributed by atoms with Gasteiger partial charge in [0.05, 0.1) is 23.9 Å². The molecule has 1 saturated heterocycles. The van der Waals surface area contributed by atoms with Gasteiger partial charge in [0, 0.05) is 0 Å². The van der Waals surface area contributed by atoms with Gasteiger partial charge in [-0.1, -0.05) is 12.1 Å². The Morgan fingerprint density at radius 1 is 1.17 bits per heavy atom. The van der Waals surface area contributed by atoms with Crippen molar-refractivity contribution in [2.24, 2.45) is 0 Å². The molecule has 1 aliphatic heterocycles. The van der Waals surface area contributed by atoms with Crippen molar-refractivity contribution >= 4 is 45.5 Å². The van der Waals surface area contributed by atoms with E-state index in [0.29, 0.717) is 33.8 Å². The van der Waals surface area contributed by atoms with E-state index in [0.717, 1.165) is 16.0 Å². The number of methoxy groups -OCH3 is 1. The van der Waals surface area contributed by atoms with Crippen LogP contribution in [0, 0.1) is 13.8 Å². The summed E-state index contributed by atoms with van der Waals surface area (Å²) in [6, 6.07) is 7.90. The minimum Gasteiger partial charge on any atom is -0.493 e. The molecule has 7 nitrogen and oxygen atoms in total. The Kier molecular flexibility index (Phi) is 6.26. The van der Waals surface area contributed by atoms with E-state index in [1.165, 1.54) is 13.2 Å². The van der Waals surface area contributed by atoms with Gasteiger partial charge < -0.3 is 9.47 Å². The van der Waals surface area contributed by atoms with Gasteiger partial charge in [-0.25, -0.2) is 9.69 Å². The molecule has 1 N–H and O–H groups in total. The minimum absolute atomic E-state index is 0.159. The molecule has 156 valence electrons. The van der Waals surface area contributed by atoms with Crippen molar-refractivity contribution in [3.63, 3.8) is 0 Å². The number of nitrogens with zero attached hydrogens (tertiary/aromatic N) is 1. The van der Waals surface area contributed by atoms with Crippen molar-refractivity contribution in [1.29, 1.82) is 0 Å². The number of urea groups is 1. The fourth-order valence-corrected chi connectivity index (χ4v) is 3.70. The molecule has 4 amide bonds. The molecule has 1 fully saturated rings. The lowest BCUT2D eigenvalue weighted by Crippen LogP contribution is -2.54. The third kappa shape index (κ3) is 3.95. The van der Waals surface area contributed by atoms with Gasteiger partial charge in [0.25, 0.3) is 11.8 Å². The van der Waals surface area contributed by atoms with Crippen molar-refractivity contribution in [1.82, 2.24) is 5.32 Å². The fourth-order valence-electron chi connectivity index (χ4n) is 3.13. The highest BCUT2D eigenvalue weighted by atomic mass is 79.9. The number of hydrogen-bond donors (Lipinski definition) is 1. The van der Waals surface area contributed by atoms with E-state index < -0.39 is 17.8 Å². The number of carbonyl (C=O) groups excluding carboxylic acids is 3. The second-order valence-corrected chi connectivity index (χ2v) is 7.50. The summed E-state index contributed by atoms with van der Waals surface area (Å²) in [5.74, 6) is -0.477. The van der Waals surface area contributed by atoms with Gasteiger partial charge in [0.15, 0.2) is 11.5 Å². The summed E-state index contributed by atoms with van der Waals surface area (Å²) in [6.07, 6.45) is 1.42. The number of anilines is 1. The zero-order valence-electron chi connectivity index (χ0n) is 17.0. The largest absolute Gasteiger partial charge is 0.493 e. The van der Waals surface area contributed by atoms with Crippen LogP contribution in [0.4, 0.5) is 10.5 Å². The number of benzene rings is 2. The molecule has 0 aliphatic carbocycles. The lowest BCUT2D eigenvalue weighted by atomic mass is 10.0. The van der Waals surface area contributed by atoms with Crippen molar-refractivity contribution < 1.29 is 23.9 Å². The monoisotopic (exact) mass is 472 g/mol. The highest BCUT2D eigenvalue weighted by molar-refractivity contribution is 9.10. The lowest BCUT2D eigenvalue weighted by Gasteiger charge is -2.28. The Morgan fingerprint density at radius 2 is 1.90 bits per heavy atom. The van der Waals surface area contributed by atoms with Crippen molar-refractivity contribution in [3.05, 3.63) is 57.1 Å². The molecule has 0 atom stereocenters. The summed E-state index contributed by atoms with van der Waals surface area (Å²) in [7, 11) is 1.50. The van der Waals surface area contributed by atoms with Crippen LogP contribution in [-0.4, -0.2) is 31.6 Å². The van der Waals surface area contributed by atoms with Gasteiger partial charge >= 0.3 is 6.03 Å². The molecule has 0 unspecified atom stereocenters. The summed E-state index contributed by atoms with van der Waals surface area (Å²) in [5.41, 5.74) is 2.52. The van der Waals surface area contributed by atoms with Gasteiger partial charge in [0.1, 0.15) is 5.57 Å². The normalized spacial score (nSPS) is 15.4. The molecular weight excluding hydrogens is 452 g/mol. The Balaban J connectivity index is 2.07. The predicted octanol–water partition coefficient (Wildman–Crippen LogP) is 4.14. The number of aryl methyl sites for hydroxylation is 1. The smallest absolute Gasteiger partial charge is 0.335 e. The zero-order chi connectivity index (χ0) is 22.0. The summed E-state index contributed by atoms with van der Waals surface area (Å²) in [6.45, 7) is 6.01. The van der Waals surface area contributed by atoms with E-state index >= 15 is 0 Å². The van der Waals surface area contributed by atoms with Crippen molar-refractivity contribution in [2.75, 3.05) is 18.6 Å². The standard InChI is InChI=1S/C22H21BrN2O5/c1-5-30-19-16(23)10-14(11-18(19)29-4)9-15-20(26)24-22(28)25(21(15)27)17-8-6-7-12(2)13(17)3/h6-11H,5H2,1-4H3,(H,24,26,28)/b15-9+. The van der Waals surface area contributed by atoms with Crippen LogP contribution in [0.3, 0.4) is 0 Å². The van der Waals surface area contributed by atoms with Gasteiger partial charge in [-0.15, -0.1) is 0 Å². The van der Waals surface area contributed by atoms with E-state index in [4.69, 9.17) is 9.47 Å². The Hall–Kier alpha value is -3.13. The second-order valence-electron chi connectivity index (χ2n) is 6.64. The van der Waals surface area contributed by atoms with E-state index in [1.54, 1.807) is 24.3 Å². The number of barbiturate groups is 1. The van der Waals surface area contributed by atoms with Crippen LogP contribution >= 0.6 is 15.9 Å². The molecule has 3 rings (SSSR count). The third-order valence-corrected chi connectivity index (χ3v) is 5.36. The van der Waals surface area contributed by atoms with Crippen LogP contribution in [0.2, 0.25) is 0 Å². The first-order valence-electron chi connectivity index (χ1n) is 9.26. The van der Waals surface area contributed by atoms with Crippen LogP contribution in [0.25, 0.3) is 6.08 Å². The predicted molar refractivity (Wildman–Crippen MR) is 117 cm³/mol. The number of amides is 4. The van der Waals surface area contributed by atoms with Crippen LogP contribution in [0.1, 0.15) is 23.6 Å². The van der Waals surface area contributed by atoms with E-state index in [9.17, 15) is 14.4 Å². The van der Waals surface area contributed by atoms with Gasteiger partial charge in [-0.05, 0) is 77.7 Å². The molecule has 0 aromatic heterocycles. The molecule has 0 bridgehead atoms. The van der Waals surface area contributed by atoms with Gasteiger partial charge in [-0.3, -0.25) is 14.9 Å². The quantitative estimate of drug-likeness (QED) is 0.521. The van der Waals surface area contributed by atoms with E-state index in [-0.39, 0.29) is 5.57 Å². The number of hydrogen-bond acceptors (Lipinski definition) is 5. The summed E-state index contributed by atoms with van der Waals surface area (Å²) in [4.78, 5) is 39.0. The zero-order valence-corrected chi connectivity index (χ0v) is 18.6. The summed E-state index contributed by atoms with van der Waals surface area (Å²) in [5, 5.41) is 2.24. The second kappa shape index (κ2) is 8.71. The molecule has 30 heavy (non-hydrogen) atoms. The van der Waals surface area contributed by atoms with Crippen molar-refractivity contribution in [2.45, 2.75) is 20.8 Å². The topological polar surface area (TPSA) is 84.9 Å². The molecule has 0 spiro atoms. The third-order valence-electron chi connectivity index (χ3n) is 4.77. The molecule has 2 aromatic rings. The maximum absolute atomic E-state index is 13.1. The molecule has 2 aromatic carbocycles.